The molecule has 4 rings (SSSR count). The number of hydrogen-bond donors (Lipinski definition) is 1. The number of carboxylic acids is 1. The molecule has 4 fully saturated rings. The molecule has 0 aromatic carbocycles. The summed E-state index contributed by atoms with van der Waals surface area (Å²) in [5.74, 6) is 1.32. The van der Waals surface area contributed by atoms with Crippen molar-refractivity contribution in [1.29, 1.82) is 0 Å². The van der Waals surface area contributed by atoms with Gasteiger partial charge in [0.05, 0.1) is 5.41 Å². The Kier molecular flexibility index (Phi) is 2.95. The molecule has 1 spiro atoms. The third kappa shape index (κ3) is 1.65. The van der Waals surface area contributed by atoms with Crippen LogP contribution < -0.4 is 0 Å². The van der Waals surface area contributed by atoms with Gasteiger partial charge in [-0.2, -0.15) is 0 Å². The van der Waals surface area contributed by atoms with Crippen molar-refractivity contribution in [2.75, 3.05) is 0 Å². The molecule has 1 N–H and O–H groups in total. The summed E-state index contributed by atoms with van der Waals surface area (Å²) in [5.41, 5.74) is 1.71. The quantitative estimate of drug-likeness (QED) is 0.689. The molecule has 2 bridgehead atoms. The van der Waals surface area contributed by atoms with E-state index < -0.39 is 11.4 Å². The highest BCUT2D eigenvalue weighted by Gasteiger charge is 2.64. The molecule has 2 nitrogen and oxygen atoms in total. The zero-order valence-electron chi connectivity index (χ0n) is 14.2. The fourth-order valence-electron chi connectivity index (χ4n) is 7.61. The summed E-state index contributed by atoms with van der Waals surface area (Å²) in [6.45, 7) is 8.86. The van der Waals surface area contributed by atoms with Gasteiger partial charge in [0.2, 0.25) is 0 Å². The monoisotopic (exact) mass is 302 g/mol. The third-order valence-electron chi connectivity index (χ3n) is 8.54. The maximum absolute atomic E-state index is 12.0. The highest BCUT2D eigenvalue weighted by molar-refractivity contribution is 5.75. The maximum Gasteiger partial charge on any atom is 0.309 e. The summed E-state index contributed by atoms with van der Waals surface area (Å²) in [5, 5.41) is 9.90. The molecular formula is C20H30O2. The van der Waals surface area contributed by atoms with E-state index in [1.54, 1.807) is 0 Å². The van der Waals surface area contributed by atoms with Gasteiger partial charge in [0.1, 0.15) is 0 Å². The molecule has 122 valence electrons. The summed E-state index contributed by atoms with van der Waals surface area (Å²) in [6, 6.07) is 0. The van der Waals surface area contributed by atoms with E-state index in [9.17, 15) is 9.90 Å². The van der Waals surface area contributed by atoms with Gasteiger partial charge >= 0.3 is 5.97 Å². The minimum absolute atomic E-state index is 0.235. The van der Waals surface area contributed by atoms with Crippen molar-refractivity contribution in [3.8, 4) is 0 Å². The first-order valence-corrected chi connectivity index (χ1v) is 9.23. The minimum atomic E-state index is -0.552. The smallest absolute Gasteiger partial charge is 0.309 e. The summed E-state index contributed by atoms with van der Waals surface area (Å²) in [7, 11) is 0. The number of fused-ring (bicyclic) bond motifs is 3. The molecule has 0 saturated heterocycles. The molecule has 4 aliphatic carbocycles. The van der Waals surface area contributed by atoms with Gasteiger partial charge in [-0.05, 0) is 86.9 Å². The standard InChI is InChI=1S/C20H30O2/c1-13-11-20-10-7-15-18(2,16(20)6-5-14(13)12-20)8-4-9-19(15,3)17(21)22/h14-16H,1,4-12H2,2-3H3,(H,21,22)/t14-,15-,16-,18+,19+,20+/m1/s1. The Labute approximate surface area is 134 Å². The van der Waals surface area contributed by atoms with Crippen molar-refractivity contribution < 1.29 is 9.90 Å². The van der Waals surface area contributed by atoms with E-state index in [1.807, 2.05) is 6.92 Å². The molecule has 4 saturated carbocycles. The van der Waals surface area contributed by atoms with Gasteiger partial charge in [0.15, 0.2) is 0 Å². The van der Waals surface area contributed by atoms with Crippen LogP contribution in [0.4, 0.5) is 0 Å². The molecule has 0 aromatic heterocycles. The van der Waals surface area contributed by atoms with Crippen molar-refractivity contribution in [2.24, 2.45) is 34.0 Å². The summed E-state index contributed by atoms with van der Waals surface area (Å²) >= 11 is 0. The Hall–Kier alpha value is -0.790. The fraction of sp³-hybridized carbons (Fsp3) is 0.850. The van der Waals surface area contributed by atoms with Crippen LogP contribution in [0.15, 0.2) is 12.2 Å². The second kappa shape index (κ2) is 4.39. The number of carboxylic acid groups (broad SMARTS) is 1. The first kappa shape index (κ1) is 14.8. The molecule has 0 unspecified atom stereocenters. The second-order valence-corrected chi connectivity index (χ2v) is 9.40. The van der Waals surface area contributed by atoms with E-state index >= 15 is 0 Å². The molecule has 6 atom stereocenters. The Morgan fingerprint density at radius 1 is 1.14 bits per heavy atom. The van der Waals surface area contributed by atoms with Crippen LogP contribution in [0.2, 0.25) is 0 Å². The molecule has 0 heterocycles. The molecule has 4 aliphatic rings. The lowest BCUT2D eigenvalue weighted by Crippen LogP contribution is -2.58. The van der Waals surface area contributed by atoms with Crippen LogP contribution in [0, 0.1) is 34.0 Å². The second-order valence-electron chi connectivity index (χ2n) is 9.40. The maximum atomic E-state index is 12.0. The molecule has 0 radical (unpaired) electrons. The zero-order valence-corrected chi connectivity index (χ0v) is 14.2. The van der Waals surface area contributed by atoms with Crippen molar-refractivity contribution in [3.05, 3.63) is 12.2 Å². The van der Waals surface area contributed by atoms with Crippen LogP contribution in [0.1, 0.15) is 71.6 Å². The van der Waals surface area contributed by atoms with Gasteiger partial charge < -0.3 is 5.11 Å². The SMILES string of the molecule is C=C1C[C@]23CC[C@@H]4[C@](C)(CCC[C@]4(C)C(=O)O)[C@H]2CC[C@@H]1C3. The topological polar surface area (TPSA) is 37.3 Å². The van der Waals surface area contributed by atoms with Gasteiger partial charge in [-0.3, -0.25) is 4.79 Å². The minimum Gasteiger partial charge on any atom is -0.481 e. The Balaban J connectivity index is 1.75. The predicted octanol–water partition coefficient (Wildman–Crippen LogP) is 5.04. The number of carbonyl (C=O) groups is 1. The Bertz CT molecular complexity index is 538. The van der Waals surface area contributed by atoms with E-state index in [0.717, 1.165) is 31.1 Å². The van der Waals surface area contributed by atoms with Gasteiger partial charge in [-0.1, -0.05) is 25.5 Å². The number of rotatable bonds is 1. The third-order valence-corrected chi connectivity index (χ3v) is 8.54. The van der Waals surface area contributed by atoms with Gasteiger partial charge in [0.25, 0.3) is 0 Å². The normalized spacial score (nSPS) is 53.7. The van der Waals surface area contributed by atoms with Gasteiger partial charge in [-0.25, -0.2) is 0 Å². The highest BCUT2D eigenvalue weighted by Crippen LogP contribution is 2.72. The molecule has 22 heavy (non-hydrogen) atoms. The van der Waals surface area contributed by atoms with E-state index in [2.05, 4.69) is 13.5 Å². The largest absolute Gasteiger partial charge is 0.481 e. The van der Waals surface area contributed by atoms with E-state index in [1.165, 1.54) is 44.1 Å². The summed E-state index contributed by atoms with van der Waals surface area (Å²) in [6.07, 6.45) is 10.8. The van der Waals surface area contributed by atoms with Crippen LogP contribution >= 0.6 is 0 Å². The number of allylic oxidation sites excluding steroid dienone is 1. The van der Waals surface area contributed by atoms with Gasteiger partial charge in [0, 0.05) is 0 Å². The van der Waals surface area contributed by atoms with Crippen molar-refractivity contribution in [2.45, 2.75) is 71.6 Å². The van der Waals surface area contributed by atoms with Crippen LogP contribution in [-0.2, 0) is 4.79 Å². The molecule has 2 heteroatoms. The average molecular weight is 302 g/mol. The lowest BCUT2D eigenvalue weighted by molar-refractivity contribution is -0.181. The van der Waals surface area contributed by atoms with Crippen LogP contribution in [0.5, 0.6) is 0 Å². The Morgan fingerprint density at radius 3 is 2.64 bits per heavy atom. The van der Waals surface area contributed by atoms with Crippen molar-refractivity contribution in [3.63, 3.8) is 0 Å². The lowest BCUT2D eigenvalue weighted by atomic mass is 9.41. The van der Waals surface area contributed by atoms with E-state index in [-0.39, 0.29) is 5.41 Å². The fourth-order valence-corrected chi connectivity index (χ4v) is 7.61. The number of aliphatic carboxylic acids is 1. The average Bonchev–Trinajstić information content (AvgIpc) is 2.68. The zero-order chi connectivity index (χ0) is 15.8. The molecular weight excluding hydrogens is 272 g/mol. The molecule has 0 amide bonds. The van der Waals surface area contributed by atoms with E-state index in [4.69, 9.17) is 0 Å². The summed E-state index contributed by atoms with van der Waals surface area (Å²) < 4.78 is 0. The van der Waals surface area contributed by atoms with E-state index in [0.29, 0.717) is 11.3 Å². The first-order chi connectivity index (χ1) is 10.3. The molecule has 0 aliphatic heterocycles. The van der Waals surface area contributed by atoms with Gasteiger partial charge in [-0.15, -0.1) is 0 Å². The molecule has 0 aromatic rings. The van der Waals surface area contributed by atoms with Crippen LogP contribution in [0.25, 0.3) is 0 Å². The Morgan fingerprint density at radius 2 is 1.91 bits per heavy atom. The highest BCUT2D eigenvalue weighted by atomic mass is 16.4. The summed E-state index contributed by atoms with van der Waals surface area (Å²) in [4.78, 5) is 12.0. The predicted molar refractivity (Wildman–Crippen MR) is 87.4 cm³/mol. The lowest BCUT2D eigenvalue weighted by Gasteiger charge is -2.63. The van der Waals surface area contributed by atoms with Crippen molar-refractivity contribution >= 4 is 5.97 Å². The van der Waals surface area contributed by atoms with Crippen LogP contribution in [0.3, 0.4) is 0 Å². The van der Waals surface area contributed by atoms with Crippen molar-refractivity contribution in [1.82, 2.24) is 0 Å². The van der Waals surface area contributed by atoms with Crippen LogP contribution in [-0.4, -0.2) is 11.1 Å². The number of hydrogen-bond acceptors (Lipinski definition) is 1. The first-order valence-electron chi connectivity index (χ1n) is 9.23.